The van der Waals surface area contributed by atoms with Crippen LogP contribution in [0, 0.1) is 0 Å². The van der Waals surface area contributed by atoms with E-state index in [1.54, 1.807) is 23.1 Å². The Bertz CT molecular complexity index is 1310. The second kappa shape index (κ2) is 11.0. The third kappa shape index (κ3) is 5.34. The van der Waals surface area contributed by atoms with Crippen molar-refractivity contribution in [1.82, 2.24) is 29.5 Å². The zero-order valence-corrected chi connectivity index (χ0v) is 21.6. The van der Waals surface area contributed by atoms with Gasteiger partial charge in [-0.25, -0.2) is 4.98 Å². The van der Waals surface area contributed by atoms with Gasteiger partial charge in [-0.2, -0.15) is 0 Å². The molecule has 11 nitrogen and oxygen atoms in total. The predicted octanol–water partition coefficient (Wildman–Crippen LogP) is 0.836. The Hall–Kier alpha value is -3.57. The molecule has 0 saturated carbocycles. The van der Waals surface area contributed by atoms with Gasteiger partial charge in [-0.05, 0) is 37.1 Å². The minimum Gasteiger partial charge on any atom is -0.377 e. The predicted molar refractivity (Wildman–Crippen MR) is 144 cm³/mol. The number of piperazine rings is 2. The van der Waals surface area contributed by atoms with Gasteiger partial charge < -0.3 is 19.4 Å². The van der Waals surface area contributed by atoms with Crippen molar-refractivity contribution in [2.45, 2.75) is 25.5 Å². The number of carbonyl (C=O) groups excluding carboxylic acids is 1. The third-order valence-corrected chi connectivity index (χ3v) is 7.81. The molecule has 11 heteroatoms. The molecule has 6 rings (SSSR count). The van der Waals surface area contributed by atoms with E-state index in [1.807, 2.05) is 12.1 Å². The Morgan fingerprint density at radius 3 is 2.24 bits per heavy atom. The number of nitrogens with zero attached hydrogens (tertiary/aromatic N) is 8. The number of benzene rings is 1. The van der Waals surface area contributed by atoms with Crippen molar-refractivity contribution in [1.29, 1.82) is 0 Å². The van der Waals surface area contributed by atoms with E-state index in [0.717, 1.165) is 51.0 Å². The molecular weight excluding hydrogens is 484 g/mol. The Labute approximate surface area is 221 Å². The van der Waals surface area contributed by atoms with Crippen molar-refractivity contribution >= 4 is 28.4 Å². The Kier molecular flexibility index (Phi) is 7.19. The van der Waals surface area contributed by atoms with Gasteiger partial charge in [-0.1, -0.05) is 12.1 Å². The van der Waals surface area contributed by atoms with Gasteiger partial charge in [0.25, 0.3) is 5.56 Å². The fourth-order valence-corrected chi connectivity index (χ4v) is 5.54. The SMILES string of the molecule is O=C(Cn1cnc2ccccc2c1=O)N1CCN(c2ccc(N3CCN(CC4CCCO4)CC3)nn2)CC1. The van der Waals surface area contributed by atoms with Crippen molar-refractivity contribution in [3.8, 4) is 0 Å². The van der Waals surface area contributed by atoms with Gasteiger partial charge in [0, 0.05) is 65.5 Å². The lowest BCUT2D eigenvalue weighted by Crippen LogP contribution is -2.50. The standard InChI is InChI=1S/C27H34N8O3/c36-26(19-35-20-28-23-6-2-1-5-22(23)27(35)37)34-15-13-33(14-16-34)25-8-7-24(29-30-25)32-11-9-31(10-12-32)18-21-4-3-17-38-21/h1-2,5-8,20-21H,3-4,9-19H2. The molecule has 1 atom stereocenters. The maximum absolute atomic E-state index is 12.9. The van der Waals surface area contributed by atoms with Crippen LogP contribution in [0.3, 0.4) is 0 Å². The number of anilines is 2. The van der Waals surface area contributed by atoms with Crippen molar-refractivity contribution in [2.24, 2.45) is 0 Å². The van der Waals surface area contributed by atoms with E-state index in [-0.39, 0.29) is 18.0 Å². The highest BCUT2D eigenvalue weighted by molar-refractivity contribution is 5.79. The number of carbonyl (C=O) groups is 1. The fourth-order valence-electron chi connectivity index (χ4n) is 5.54. The molecule has 3 aliphatic heterocycles. The van der Waals surface area contributed by atoms with E-state index in [2.05, 4.69) is 35.9 Å². The molecule has 5 heterocycles. The Morgan fingerprint density at radius 1 is 0.895 bits per heavy atom. The number of para-hydroxylation sites is 1. The van der Waals surface area contributed by atoms with Gasteiger partial charge in [-0.15, -0.1) is 10.2 Å². The van der Waals surface area contributed by atoms with Crippen LogP contribution in [-0.4, -0.2) is 107 Å². The summed E-state index contributed by atoms with van der Waals surface area (Å²) in [6, 6.07) is 11.3. The van der Waals surface area contributed by atoms with Crippen molar-refractivity contribution in [3.05, 3.63) is 53.1 Å². The molecule has 0 bridgehead atoms. The van der Waals surface area contributed by atoms with Crippen LogP contribution in [0.4, 0.5) is 11.6 Å². The van der Waals surface area contributed by atoms with Crippen LogP contribution in [0.2, 0.25) is 0 Å². The first-order valence-corrected chi connectivity index (χ1v) is 13.5. The molecule has 3 aliphatic rings. The summed E-state index contributed by atoms with van der Waals surface area (Å²) in [4.78, 5) is 38.7. The number of hydrogen-bond donors (Lipinski definition) is 0. The summed E-state index contributed by atoms with van der Waals surface area (Å²) >= 11 is 0. The van der Waals surface area contributed by atoms with E-state index in [4.69, 9.17) is 4.74 Å². The topological polar surface area (TPSA) is 99.9 Å². The van der Waals surface area contributed by atoms with Crippen LogP contribution in [0.25, 0.3) is 10.9 Å². The molecule has 2 aromatic heterocycles. The number of aromatic nitrogens is 4. The second-order valence-corrected chi connectivity index (χ2v) is 10.2. The van der Waals surface area contributed by atoms with Crippen LogP contribution in [0.15, 0.2) is 47.5 Å². The summed E-state index contributed by atoms with van der Waals surface area (Å²) in [5.41, 5.74) is 0.445. The molecule has 1 unspecified atom stereocenters. The quantitative estimate of drug-likeness (QED) is 0.470. The zero-order chi connectivity index (χ0) is 25.9. The van der Waals surface area contributed by atoms with Crippen molar-refractivity contribution < 1.29 is 9.53 Å². The van der Waals surface area contributed by atoms with Gasteiger partial charge >= 0.3 is 0 Å². The van der Waals surface area contributed by atoms with E-state index in [9.17, 15) is 9.59 Å². The van der Waals surface area contributed by atoms with Crippen LogP contribution in [0.1, 0.15) is 12.8 Å². The average molecular weight is 519 g/mol. The molecule has 0 radical (unpaired) electrons. The Balaban J connectivity index is 0.991. The molecule has 1 amide bonds. The smallest absolute Gasteiger partial charge is 0.261 e. The monoisotopic (exact) mass is 518 g/mol. The molecule has 0 aliphatic carbocycles. The van der Waals surface area contributed by atoms with Crippen LogP contribution >= 0.6 is 0 Å². The number of ether oxygens (including phenoxy) is 1. The van der Waals surface area contributed by atoms with Crippen molar-refractivity contribution in [2.75, 3.05) is 75.3 Å². The first-order chi connectivity index (χ1) is 18.6. The molecule has 3 saturated heterocycles. The molecule has 200 valence electrons. The summed E-state index contributed by atoms with van der Waals surface area (Å²) < 4.78 is 7.18. The fraction of sp³-hybridized carbons (Fsp3) is 0.519. The van der Waals surface area contributed by atoms with Gasteiger partial charge in [0.15, 0.2) is 11.6 Å². The zero-order valence-electron chi connectivity index (χ0n) is 21.6. The lowest BCUT2D eigenvalue weighted by atomic mass is 10.2. The minimum absolute atomic E-state index is 0.00782. The maximum Gasteiger partial charge on any atom is 0.261 e. The lowest BCUT2D eigenvalue weighted by Gasteiger charge is -2.37. The summed E-state index contributed by atoms with van der Waals surface area (Å²) in [6.45, 7) is 8.34. The van der Waals surface area contributed by atoms with Gasteiger partial charge in [-0.3, -0.25) is 19.1 Å². The number of amides is 1. The molecule has 1 aromatic carbocycles. The molecule has 3 fully saturated rings. The summed E-state index contributed by atoms with van der Waals surface area (Å²) in [7, 11) is 0. The second-order valence-electron chi connectivity index (χ2n) is 10.2. The van der Waals surface area contributed by atoms with Crippen LogP contribution < -0.4 is 15.4 Å². The van der Waals surface area contributed by atoms with E-state index in [0.29, 0.717) is 43.2 Å². The summed E-state index contributed by atoms with van der Waals surface area (Å²) in [6.07, 6.45) is 4.22. The lowest BCUT2D eigenvalue weighted by molar-refractivity contribution is -0.132. The summed E-state index contributed by atoms with van der Waals surface area (Å²) in [5, 5.41) is 9.54. The highest BCUT2D eigenvalue weighted by Gasteiger charge is 2.25. The number of fused-ring (bicyclic) bond motifs is 1. The van der Waals surface area contributed by atoms with Crippen molar-refractivity contribution in [3.63, 3.8) is 0 Å². The number of hydrogen-bond acceptors (Lipinski definition) is 9. The minimum atomic E-state index is -0.192. The first kappa shape index (κ1) is 24.7. The molecular formula is C27H34N8O3. The van der Waals surface area contributed by atoms with Crippen LogP contribution in [0.5, 0.6) is 0 Å². The normalized spacial score (nSPS) is 20.8. The molecule has 0 spiro atoms. The average Bonchev–Trinajstić information content (AvgIpc) is 3.48. The maximum atomic E-state index is 12.9. The highest BCUT2D eigenvalue weighted by atomic mass is 16.5. The Morgan fingerprint density at radius 2 is 1.58 bits per heavy atom. The highest BCUT2D eigenvalue weighted by Crippen LogP contribution is 2.19. The number of rotatable bonds is 6. The van der Waals surface area contributed by atoms with Gasteiger partial charge in [0.1, 0.15) is 6.54 Å². The molecule has 0 N–H and O–H groups in total. The van der Waals surface area contributed by atoms with Gasteiger partial charge in [0.2, 0.25) is 5.91 Å². The largest absolute Gasteiger partial charge is 0.377 e. The summed E-state index contributed by atoms with van der Waals surface area (Å²) in [5.74, 6) is 1.66. The molecule has 38 heavy (non-hydrogen) atoms. The van der Waals surface area contributed by atoms with Crippen LogP contribution in [-0.2, 0) is 16.1 Å². The molecule has 3 aromatic rings. The van der Waals surface area contributed by atoms with E-state index in [1.165, 1.54) is 23.7 Å². The third-order valence-electron chi connectivity index (χ3n) is 7.81. The van der Waals surface area contributed by atoms with E-state index >= 15 is 0 Å². The first-order valence-electron chi connectivity index (χ1n) is 13.5. The van der Waals surface area contributed by atoms with Gasteiger partial charge in [0.05, 0.1) is 23.3 Å². The van der Waals surface area contributed by atoms with E-state index < -0.39 is 0 Å².